The Labute approximate surface area is 183 Å². The Morgan fingerprint density at radius 2 is 1.90 bits per heavy atom. The molecule has 0 saturated carbocycles. The number of carbonyl (C=O) groups excluding carboxylic acids is 2. The van der Waals surface area contributed by atoms with E-state index in [4.69, 9.17) is 9.26 Å². The molecule has 1 aromatic carbocycles. The van der Waals surface area contributed by atoms with Crippen molar-refractivity contribution in [3.63, 3.8) is 0 Å². The molecule has 3 aromatic heterocycles. The summed E-state index contributed by atoms with van der Waals surface area (Å²) in [5.74, 6) is 0.540. The van der Waals surface area contributed by atoms with Crippen LogP contribution in [0.1, 0.15) is 33.2 Å². The minimum atomic E-state index is -0.487. The number of carbonyl (C=O) groups is 2. The van der Waals surface area contributed by atoms with Crippen LogP contribution in [0.2, 0.25) is 0 Å². The van der Waals surface area contributed by atoms with Crippen molar-refractivity contribution in [1.82, 2.24) is 14.7 Å². The van der Waals surface area contributed by atoms with Gasteiger partial charge in [0.15, 0.2) is 12.4 Å². The molecule has 8 heteroatoms. The maximum absolute atomic E-state index is 12.7. The second-order valence-corrected chi connectivity index (χ2v) is 8.04. The molecule has 0 radical (unpaired) electrons. The summed E-state index contributed by atoms with van der Waals surface area (Å²) < 4.78 is 12.2. The minimum absolute atomic E-state index is 0.0217. The molecule has 0 atom stereocenters. The lowest BCUT2D eigenvalue weighted by molar-refractivity contribution is -0.141. The Balaban J connectivity index is 1.38. The van der Waals surface area contributed by atoms with Crippen LogP contribution in [0.3, 0.4) is 0 Å². The molecular weight excluding hydrogens is 414 g/mol. The van der Waals surface area contributed by atoms with Gasteiger partial charge in [0.2, 0.25) is 5.78 Å². The predicted molar refractivity (Wildman–Crippen MR) is 117 cm³/mol. The molecule has 4 aromatic rings. The Hall–Kier alpha value is -3.52. The van der Waals surface area contributed by atoms with Crippen LogP contribution < -0.4 is 0 Å². The summed E-state index contributed by atoms with van der Waals surface area (Å²) in [7, 11) is 0. The summed E-state index contributed by atoms with van der Waals surface area (Å²) in [6.45, 7) is 5.19. The zero-order chi connectivity index (χ0) is 22.0. The molecule has 158 valence electrons. The zero-order valence-corrected chi connectivity index (χ0v) is 18.2. The molecule has 0 fully saturated rings. The van der Waals surface area contributed by atoms with Crippen molar-refractivity contribution in [2.45, 2.75) is 27.2 Å². The van der Waals surface area contributed by atoms with Crippen LogP contribution in [0.25, 0.3) is 16.4 Å². The number of aryl methyl sites for hydroxylation is 2. The zero-order valence-electron chi connectivity index (χ0n) is 17.4. The van der Waals surface area contributed by atoms with E-state index < -0.39 is 5.97 Å². The van der Waals surface area contributed by atoms with E-state index in [9.17, 15) is 9.59 Å². The highest BCUT2D eigenvalue weighted by Crippen LogP contribution is 2.24. The maximum Gasteiger partial charge on any atom is 0.312 e. The average Bonchev–Trinajstić information content (AvgIpc) is 3.46. The Bertz CT molecular complexity index is 1240. The van der Waals surface area contributed by atoms with Crippen molar-refractivity contribution in [1.29, 1.82) is 0 Å². The van der Waals surface area contributed by atoms with E-state index in [1.807, 2.05) is 54.1 Å². The van der Waals surface area contributed by atoms with Gasteiger partial charge in [0, 0.05) is 34.0 Å². The quantitative estimate of drug-likeness (QED) is 0.314. The fourth-order valence-corrected chi connectivity index (χ4v) is 4.21. The molecule has 0 aliphatic rings. The first-order chi connectivity index (χ1) is 14.9. The average molecular weight is 436 g/mol. The van der Waals surface area contributed by atoms with Crippen LogP contribution in [-0.4, -0.2) is 33.1 Å². The highest BCUT2D eigenvalue weighted by atomic mass is 32.1. The summed E-state index contributed by atoms with van der Waals surface area (Å²) >= 11 is 1.47. The lowest BCUT2D eigenvalue weighted by Gasteiger charge is -2.06. The molecule has 4 rings (SSSR count). The van der Waals surface area contributed by atoms with Gasteiger partial charge in [-0.25, -0.2) is 4.98 Å². The van der Waals surface area contributed by atoms with Crippen LogP contribution in [0, 0.1) is 20.8 Å². The van der Waals surface area contributed by atoms with Crippen molar-refractivity contribution < 1.29 is 18.8 Å². The number of ketones is 1. The number of hydrogen-bond acceptors (Lipinski definition) is 7. The molecule has 3 heterocycles. The normalized spacial score (nSPS) is 10.9. The standard InChI is InChI=1S/C23H21N3O4S/c1-14-9-19(16(3)26(14)21-10-15(2)30-25-21)20(27)12-29-22(28)11-18-13-31-23(24-18)17-7-5-4-6-8-17/h4-10,13H,11-12H2,1-3H3. The van der Waals surface area contributed by atoms with E-state index in [1.54, 1.807) is 19.1 Å². The molecular formula is C23H21N3O4S. The highest BCUT2D eigenvalue weighted by Gasteiger charge is 2.20. The number of rotatable bonds is 7. The van der Waals surface area contributed by atoms with Crippen LogP contribution in [-0.2, 0) is 16.0 Å². The monoisotopic (exact) mass is 435 g/mol. The summed E-state index contributed by atoms with van der Waals surface area (Å²) in [6.07, 6.45) is 0.0217. The van der Waals surface area contributed by atoms with Crippen molar-refractivity contribution in [3.05, 3.63) is 76.3 Å². The first-order valence-corrected chi connectivity index (χ1v) is 10.6. The van der Waals surface area contributed by atoms with Gasteiger partial charge in [-0.05, 0) is 26.8 Å². The molecule has 31 heavy (non-hydrogen) atoms. The van der Waals surface area contributed by atoms with Crippen molar-refractivity contribution in [2.75, 3.05) is 6.61 Å². The van der Waals surface area contributed by atoms with Gasteiger partial charge in [0.25, 0.3) is 0 Å². The minimum Gasteiger partial charge on any atom is -0.457 e. The maximum atomic E-state index is 12.7. The number of nitrogens with zero attached hydrogens (tertiary/aromatic N) is 3. The first-order valence-electron chi connectivity index (χ1n) is 9.73. The fourth-order valence-electron chi connectivity index (χ4n) is 3.38. The van der Waals surface area contributed by atoms with E-state index >= 15 is 0 Å². The van der Waals surface area contributed by atoms with Crippen LogP contribution in [0.5, 0.6) is 0 Å². The molecule has 0 unspecified atom stereocenters. The van der Waals surface area contributed by atoms with Gasteiger partial charge in [-0.15, -0.1) is 11.3 Å². The third kappa shape index (κ3) is 4.49. The largest absolute Gasteiger partial charge is 0.457 e. The summed E-state index contributed by atoms with van der Waals surface area (Å²) in [5, 5.41) is 6.69. The van der Waals surface area contributed by atoms with Gasteiger partial charge in [-0.1, -0.05) is 35.5 Å². The molecule has 0 N–H and O–H groups in total. The van der Waals surface area contributed by atoms with Gasteiger partial charge in [-0.3, -0.25) is 14.2 Å². The van der Waals surface area contributed by atoms with Crippen molar-refractivity contribution >= 4 is 23.1 Å². The molecule has 0 saturated heterocycles. The Kier molecular flexibility index (Phi) is 5.81. The topological polar surface area (TPSA) is 87.2 Å². The first kappa shape index (κ1) is 20.7. The van der Waals surface area contributed by atoms with Gasteiger partial charge in [-0.2, -0.15) is 0 Å². The van der Waals surface area contributed by atoms with Gasteiger partial charge in [0.05, 0.1) is 12.1 Å². The van der Waals surface area contributed by atoms with E-state index in [1.165, 1.54) is 11.3 Å². The van der Waals surface area contributed by atoms with Crippen LogP contribution in [0.15, 0.2) is 52.4 Å². The second kappa shape index (κ2) is 8.69. The molecule has 7 nitrogen and oxygen atoms in total. The Morgan fingerprint density at radius 3 is 2.61 bits per heavy atom. The third-order valence-electron chi connectivity index (χ3n) is 4.84. The number of thiazole rings is 1. The number of esters is 1. The smallest absolute Gasteiger partial charge is 0.312 e. The van der Waals surface area contributed by atoms with E-state index in [0.29, 0.717) is 22.8 Å². The van der Waals surface area contributed by atoms with Crippen molar-refractivity contribution in [3.8, 4) is 16.4 Å². The number of benzene rings is 1. The fraction of sp³-hybridized carbons (Fsp3) is 0.217. The van der Waals surface area contributed by atoms with E-state index in [2.05, 4.69) is 10.1 Å². The van der Waals surface area contributed by atoms with E-state index in [-0.39, 0.29) is 18.8 Å². The summed E-state index contributed by atoms with van der Waals surface area (Å²) in [6, 6.07) is 13.3. The lowest BCUT2D eigenvalue weighted by atomic mass is 10.1. The number of aromatic nitrogens is 3. The number of ether oxygens (including phenoxy) is 1. The SMILES string of the molecule is Cc1cc(-n2c(C)cc(C(=O)COC(=O)Cc3csc(-c4ccccc4)n3)c2C)no1. The predicted octanol–water partition coefficient (Wildman–Crippen LogP) is 4.48. The Morgan fingerprint density at radius 1 is 1.13 bits per heavy atom. The molecule has 0 bridgehead atoms. The highest BCUT2D eigenvalue weighted by molar-refractivity contribution is 7.13. The molecule has 0 amide bonds. The van der Waals surface area contributed by atoms with E-state index in [0.717, 1.165) is 22.0 Å². The van der Waals surface area contributed by atoms with Gasteiger partial charge in [0.1, 0.15) is 10.8 Å². The third-order valence-corrected chi connectivity index (χ3v) is 5.78. The number of Topliss-reactive ketones (excluding diaryl/α,β-unsaturated/α-hetero) is 1. The van der Waals surface area contributed by atoms with Crippen molar-refractivity contribution in [2.24, 2.45) is 0 Å². The van der Waals surface area contributed by atoms with Gasteiger partial charge >= 0.3 is 5.97 Å². The lowest BCUT2D eigenvalue weighted by Crippen LogP contribution is -2.16. The van der Waals surface area contributed by atoms with Crippen LogP contribution >= 0.6 is 11.3 Å². The molecule has 0 aliphatic heterocycles. The summed E-state index contributed by atoms with van der Waals surface area (Å²) in [5.41, 5.74) is 3.68. The summed E-state index contributed by atoms with van der Waals surface area (Å²) in [4.78, 5) is 29.4. The van der Waals surface area contributed by atoms with Gasteiger partial charge < -0.3 is 9.26 Å². The number of hydrogen-bond donors (Lipinski definition) is 0. The molecule has 0 aliphatic carbocycles. The molecule has 0 spiro atoms. The second-order valence-electron chi connectivity index (χ2n) is 7.19. The van der Waals surface area contributed by atoms with Crippen LogP contribution in [0.4, 0.5) is 0 Å².